The first kappa shape index (κ1) is 13.6. The van der Waals surface area contributed by atoms with Gasteiger partial charge < -0.3 is 10.6 Å². The van der Waals surface area contributed by atoms with Crippen molar-refractivity contribution in [1.29, 1.82) is 0 Å². The number of piperidine rings is 1. The van der Waals surface area contributed by atoms with Gasteiger partial charge in [0.15, 0.2) is 15.8 Å². The number of rotatable bonds is 2. The number of sulfone groups is 1. The molecule has 2 heterocycles. The Morgan fingerprint density at radius 2 is 2.00 bits per heavy atom. The first-order chi connectivity index (χ1) is 8.46. The first-order valence-corrected chi connectivity index (χ1v) is 8.54. The molecule has 1 unspecified atom stereocenters. The van der Waals surface area contributed by atoms with Crippen LogP contribution in [0.5, 0.6) is 0 Å². The molecule has 2 fully saturated rings. The minimum atomic E-state index is -2.80. The third kappa shape index (κ3) is 3.60. The third-order valence-electron chi connectivity index (χ3n) is 3.95. The molecule has 104 valence electrons. The van der Waals surface area contributed by atoms with Crippen molar-refractivity contribution in [2.45, 2.75) is 26.2 Å². The predicted octanol–water partition coefficient (Wildman–Crippen LogP) is 0.468. The van der Waals surface area contributed by atoms with Gasteiger partial charge in [0.2, 0.25) is 0 Å². The van der Waals surface area contributed by atoms with E-state index in [1.807, 2.05) is 0 Å². The van der Waals surface area contributed by atoms with Gasteiger partial charge in [-0.15, -0.1) is 0 Å². The van der Waals surface area contributed by atoms with Crippen LogP contribution in [0.25, 0.3) is 0 Å². The number of hydrogen-bond acceptors (Lipinski definition) is 3. The van der Waals surface area contributed by atoms with E-state index in [1.54, 1.807) is 0 Å². The van der Waals surface area contributed by atoms with Gasteiger partial charge in [0.1, 0.15) is 0 Å². The van der Waals surface area contributed by atoms with Crippen LogP contribution in [-0.2, 0) is 9.84 Å². The lowest BCUT2D eigenvalue weighted by Crippen LogP contribution is -2.42. The molecule has 0 spiro atoms. The van der Waals surface area contributed by atoms with Gasteiger partial charge in [-0.3, -0.25) is 4.99 Å². The molecule has 0 saturated carbocycles. The molecule has 0 aromatic rings. The molecule has 18 heavy (non-hydrogen) atoms. The van der Waals surface area contributed by atoms with E-state index >= 15 is 0 Å². The number of likely N-dealkylation sites (tertiary alicyclic amines) is 1. The maximum absolute atomic E-state index is 11.3. The van der Waals surface area contributed by atoms with Crippen molar-refractivity contribution in [2.24, 2.45) is 22.6 Å². The van der Waals surface area contributed by atoms with Gasteiger partial charge in [-0.1, -0.05) is 6.92 Å². The molecule has 0 radical (unpaired) electrons. The normalized spacial score (nSPS) is 29.7. The molecular weight excluding hydrogens is 250 g/mol. The summed E-state index contributed by atoms with van der Waals surface area (Å²) in [6.45, 7) is 4.75. The number of hydrogen-bond donors (Lipinski definition) is 1. The Labute approximate surface area is 109 Å². The first-order valence-electron chi connectivity index (χ1n) is 6.71. The summed E-state index contributed by atoms with van der Waals surface area (Å²) in [4.78, 5) is 6.49. The highest BCUT2D eigenvalue weighted by molar-refractivity contribution is 7.91. The number of nitrogens with two attached hydrogens (primary N) is 1. The quantitative estimate of drug-likeness (QED) is 0.586. The Hall–Kier alpha value is -0.780. The van der Waals surface area contributed by atoms with E-state index in [2.05, 4.69) is 16.8 Å². The minimum Gasteiger partial charge on any atom is -0.370 e. The summed E-state index contributed by atoms with van der Waals surface area (Å²) < 4.78 is 22.7. The molecule has 5 nitrogen and oxygen atoms in total. The number of aliphatic imine (C=N–C) groups is 1. The molecule has 0 aliphatic carbocycles. The summed E-state index contributed by atoms with van der Waals surface area (Å²) in [7, 11) is -2.80. The van der Waals surface area contributed by atoms with Crippen molar-refractivity contribution in [3.8, 4) is 0 Å². The van der Waals surface area contributed by atoms with Crippen LogP contribution in [0.4, 0.5) is 0 Å². The lowest BCUT2D eigenvalue weighted by Gasteiger charge is -2.31. The lowest BCUT2D eigenvalue weighted by molar-refractivity contribution is 0.277. The summed E-state index contributed by atoms with van der Waals surface area (Å²) in [6.07, 6.45) is 3.05. The molecule has 2 aliphatic rings. The van der Waals surface area contributed by atoms with E-state index in [-0.39, 0.29) is 11.7 Å². The van der Waals surface area contributed by atoms with Gasteiger partial charge in [0.05, 0.1) is 11.5 Å². The van der Waals surface area contributed by atoms with Gasteiger partial charge >= 0.3 is 0 Å². The van der Waals surface area contributed by atoms with Crippen molar-refractivity contribution in [3.63, 3.8) is 0 Å². The van der Waals surface area contributed by atoms with Gasteiger partial charge in [0, 0.05) is 19.6 Å². The second-order valence-electron chi connectivity index (χ2n) is 5.64. The van der Waals surface area contributed by atoms with Crippen molar-refractivity contribution in [2.75, 3.05) is 31.1 Å². The molecule has 0 aromatic heterocycles. The molecule has 6 heteroatoms. The van der Waals surface area contributed by atoms with Crippen LogP contribution in [0.2, 0.25) is 0 Å². The van der Waals surface area contributed by atoms with Crippen LogP contribution >= 0.6 is 0 Å². The molecule has 2 rings (SSSR count). The summed E-state index contributed by atoms with van der Waals surface area (Å²) in [5.74, 6) is 2.12. The molecule has 0 aromatic carbocycles. The van der Waals surface area contributed by atoms with E-state index in [4.69, 9.17) is 5.73 Å². The van der Waals surface area contributed by atoms with Crippen molar-refractivity contribution in [3.05, 3.63) is 0 Å². The molecule has 2 aliphatic heterocycles. The van der Waals surface area contributed by atoms with Crippen molar-refractivity contribution < 1.29 is 8.42 Å². The zero-order chi connectivity index (χ0) is 13.2. The van der Waals surface area contributed by atoms with E-state index in [9.17, 15) is 8.42 Å². The second kappa shape index (κ2) is 5.47. The van der Waals surface area contributed by atoms with E-state index in [0.717, 1.165) is 38.3 Å². The van der Waals surface area contributed by atoms with Crippen molar-refractivity contribution >= 4 is 15.8 Å². The average molecular weight is 273 g/mol. The summed E-state index contributed by atoms with van der Waals surface area (Å²) in [5.41, 5.74) is 5.97. The SMILES string of the molecule is CC1CCN(C(N)=NCC2CCS(=O)(=O)C2)CC1. The summed E-state index contributed by atoms with van der Waals surface area (Å²) in [6, 6.07) is 0. The topological polar surface area (TPSA) is 75.8 Å². The summed E-state index contributed by atoms with van der Waals surface area (Å²) >= 11 is 0. The van der Waals surface area contributed by atoms with E-state index in [0.29, 0.717) is 18.3 Å². The third-order valence-corrected chi connectivity index (χ3v) is 5.78. The van der Waals surface area contributed by atoms with Crippen LogP contribution in [0, 0.1) is 11.8 Å². The van der Waals surface area contributed by atoms with Crippen LogP contribution < -0.4 is 5.73 Å². The summed E-state index contributed by atoms with van der Waals surface area (Å²) in [5, 5.41) is 0. The fraction of sp³-hybridized carbons (Fsp3) is 0.917. The molecule has 1 atom stereocenters. The lowest BCUT2D eigenvalue weighted by atomic mass is 10.00. The Morgan fingerprint density at radius 1 is 1.33 bits per heavy atom. The second-order valence-corrected chi connectivity index (χ2v) is 7.87. The minimum absolute atomic E-state index is 0.164. The maximum atomic E-state index is 11.3. The Bertz CT molecular complexity index is 411. The fourth-order valence-electron chi connectivity index (χ4n) is 2.58. The Kier molecular flexibility index (Phi) is 4.14. The Morgan fingerprint density at radius 3 is 2.56 bits per heavy atom. The highest BCUT2D eigenvalue weighted by Gasteiger charge is 2.27. The zero-order valence-electron chi connectivity index (χ0n) is 11.0. The fourth-order valence-corrected chi connectivity index (χ4v) is 4.43. The molecule has 0 amide bonds. The van der Waals surface area contributed by atoms with E-state index in [1.165, 1.54) is 0 Å². The number of nitrogens with zero attached hydrogens (tertiary/aromatic N) is 2. The van der Waals surface area contributed by atoms with Crippen LogP contribution in [0.15, 0.2) is 4.99 Å². The monoisotopic (exact) mass is 273 g/mol. The maximum Gasteiger partial charge on any atom is 0.191 e. The van der Waals surface area contributed by atoms with Gasteiger partial charge in [0.25, 0.3) is 0 Å². The van der Waals surface area contributed by atoms with Gasteiger partial charge in [-0.25, -0.2) is 8.42 Å². The average Bonchev–Trinajstić information content (AvgIpc) is 2.67. The van der Waals surface area contributed by atoms with Crippen molar-refractivity contribution in [1.82, 2.24) is 4.90 Å². The van der Waals surface area contributed by atoms with Crippen LogP contribution in [0.3, 0.4) is 0 Å². The predicted molar refractivity (Wildman–Crippen MR) is 73.2 cm³/mol. The molecular formula is C12H23N3O2S. The molecule has 0 bridgehead atoms. The van der Waals surface area contributed by atoms with Gasteiger partial charge in [-0.05, 0) is 31.1 Å². The zero-order valence-corrected chi connectivity index (χ0v) is 11.8. The smallest absolute Gasteiger partial charge is 0.191 e. The Balaban J connectivity index is 1.82. The highest BCUT2D eigenvalue weighted by Crippen LogP contribution is 2.19. The number of guanidine groups is 1. The van der Waals surface area contributed by atoms with Crippen LogP contribution in [-0.4, -0.2) is 50.4 Å². The molecule has 2 N–H and O–H groups in total. The molecule has 2 saturated heterocycles. The standard InChI is InChI=1S/C12H23N3O2S/c1-10-2-5-15(6-3-10)12(13)14-8-11-4-7-18(16,17)9-11/h10-11H,2-9H2,1H3,(H2,13,14). The highest BCUT2D eigenvalue weighted by atomic mass is 32.2. The van der Waals surface area contributed by atoms with E-state index < -0.39 is 9.84 Å². The van der Waals surface area contributed by atoms with Gasteiger partial charge in [-0.2, -0.15) is 0 Å². The largest absolute Gasteiger partial charge is 0.370 e. The van der Waals surface area contributed by atoms with Crippen LogP contribution in [0.1, 0.15) is 26.2 Å².